The highest BCUT2D eigenvalue weighted by molar-refractivity contribution is 9.10. The minimum atomic E-state index is -0.0863. The van der Waals surface area contributed by atoms with Gasteiger partial charge in [-0.3, -0.25) is 9.47 Å². The first-order chi connectivity index (χ1) is 8.24. The fourth-order valence-corrected chi connectivity index (χ4v) is 1.77. The predicted octanol–water partition coefficient (Wildman–Crippen LogP) is 2.43. The van der Waals surface area contributed by atoms with Gasteiger partial charge in [-0.05, 0) is 30.3 Å². The summed E-state index contributed by atoms with van der Waals surface area (Å²) in [5.41, 5.74) is 3.73. The molecule has 0 aliphatic carbocycles. The zero-order valence-corrected chi connectivity index (χ0v) is 10.6. The Hall–Kier alpha value is -1.75. The molecule has 1 amide bonds. The molecule has 0 aliphatic heterocycles. The van der Waals surface area contributed by atoms with Crippen LogP contribution in [0.2, 0.25) is 0 Å². The van der Waals surface area contributed by atoms with Gasteiger partial charge < -0.3 is 10.7 Å². The number of carbonyl (C=O) groups is 1. The third-order valence-electron chi connectivity index (χ3n) is 2.14. The molecule has 17 heavy (non-hydrogen) atoms. The van der Waals surface area contributed by atoms with Gasteiger partial charge in [-0.2, -0.15) is 0 Å². The lowest BCUT2D eigenvalue weighted by Crippen LogP contribution is -2.26. The van der Waals surface area contributed by atoms with Gasteiger partial charge in [-0.25, -0.2) is 0 Å². The third kappa shape index (κ3) is 3.64. The highest BCUT2D eigenvalue weighted by Gasteiger charge is 2.01. The van der Waals surface area contributed by atoms with Crippen molar-refractivity contribution in [1.82, 2.24) is 4.68 Å². The SMILES string of the molecule is O=C(CNn1cccc1)Nc1cccc(Br)c1. The van der Waals surface area contributed by atoms with Crippen LogP contribution >= 0.6 is 15.9 Å². The van der Waals surface area contributed by atoms with E-state index < -0.39 is 0 Å². The van der Waals surface area contributed by atoms with Crippen LogP contribution in [0.15, 0.2) is 53.3 Å². The quantitative estimate of drug-likeness (QED) is 0.909. The zero-order chi connectivity index (χ0) is 12.1. The number of amides is 1. The van der Waals surface area contributed by atoms with E-state index >= 15 is 0 Å². The Morgan fingerprint density at radius 1 is 1.24 bits per heavy atom. The van der Waals surface area contributed by atoms with Crippen LogP contribution in [0.5, 0.6) is 0 Å². The summed E-state index contributed by atoms with van der Waals surface area (Å²) in [6, 6.07) is 11.3. The predicted molar refractivity (Wildman–Crippen MR) is 71.4 cm³/mol. The van der Waals surface area contributed by atoms with Gasteiger partial charge in [0.15, 0.2) is 0 Å². The fraction of sp³-hybridized carbons (Fsp3) is 0.0833. The first-order valence-electron chi connectivity index (χ1n) is 5.16. The molecule has 0 atom stereocenters. The number of anilines is 1. The van der Waals surface area contributed by atoms with E-state index in [0.29, 0.717) is 0 Å². The summed E-state index contributed by atoms with van der Waals surface area (Å²) in [6.07, 6.45) is 3.68. The van der Waals surface area contributed by atoms with E-state index in [9.17, 15) is 4.79 Å². The Morgan fingerprint density at radius 2 is 2.00 bits per heavy atom. The van der Waals surface area contributed by atoms with Crippen molar-refractivity contribution >= 4 is 27.5 Å². The summed E-state index contributed by atoms with van der Waals surface area (Å²) in [4.78, 5) is 11.6. The number of hydrogen-bond donors (Lipinski definition) is 2. The molecule has 0 aliphatic rings. The van der Waals surface area contributed by atoms with Gasteiger partial charge >= 0.3 is 0 Å². The Kier molecular flexibility index (Phi) is 3.82. The smallest absolute Gasteiger partial charge is 0.245 e. The molecule has 2 aromatic rings. The molecule has 1 aromatic heterocycles. The zero-order valence-electron chi connectivity index (χ0n) is 9.06. The molecule has 0 fully saturated rings. The lowest BCUT2D eigenvalue weighted by Gasteiger charge is -2.08. The van der Waals surface area contributed by atoms with Crippen LogP contribution in [-0.4, -0.2) is 17.1 Å². The topological polar surface area (TPSA) is 46.1 Å². The van der Waals surface area contributed by atoms with E-state index in [2.05, 4.69) is 26.7 Å². The highest BCUT2D eigenvalue weighted by Crippen LogP contribution is 2.15. The minimum Gasteiger partial charge on any atom is -0.324 e. The van der Waals surface area contributed by atoms with E-state index in [1.165, 1.54) is 0 Å². The number of aromatic nitrogens is 1. The van der Waals surface area contributed by atoms with Crippen molar-refractivity contribution in [3.05, 3.63) is 53.3 Å². The second-order valence-corrected chi connectivity index (χ2v) is 4.40. The van der Waals surface area contributed by atoms with E-state index in [4.69, 9.17) is 0 Å². The Morgan fingerprint density at radius 3 is 2.71 bits per heavy atom. The monoisotopic (exact) mass is 293 g/mol. The standard InChI is InChI=1S/C12H12BrN3O/c13-10-4-3-5-11(8-10)15-12(17)9-14-16-6-1-2-7-16/h1-8,14H,9H2,(H,15,17). The van der Waals surface area contributed by atoms with Crippen LogP contribution in [-0.2, 0) is 4.79 Å². The van der Waals surface area contributed by atoms with Crippen LogP contribution in [0.25, 0.3) is 0 Å². The van der Waals surface area contributed by atoms with Crippen LogP contribution in [0.1, 0.15) is 0 Å². The van der Waals surface area contributed by atoms with Gasteiger partial charge in [-0.15, -0.1) is 0 Å². The molecule has 0 saturated heterocycles. The summed E-state index contributed by atoms with van der Waals surface area (Å²) in [7, 11) is 0. The molecule has 5 heteroatoms. The van der Waals surface area contributed by atoms with Crippen molar-refractivity contribution < 1.29 is 4.79 Å². The first kappa shape index (κ1) is 11.7. The molecule has 88 valence electrons. The number of nitrogens with one attached hydrogen (secondary N) is 2. The van der Waals surface area contributed by atoms with Crippen molar-refractivity contribution in [3.8, 4) is 0 Å². The van der Waals surface area contributed by atoms with E-state index in [1.54, 1.807) is 4.68 Å². The van der Waals surface area contributed by atoms with Crippen LogP contribution in [0.4, 0.5) is 5.69 Å². The second-order valence-electron chi connectivity index (χ2n) is 3.48. The Bertz CT molecular complexity index is 496. The lowest BCUT2D eigenvalue weighted by atomic mass is 10.3. The van der Waals surface area contributed by atoms with Gasteiger partial charge in [0.2, 0.25) is 5.91 Å². The van der Waals surface area contributed by atoms with Crippen molar-refractivity contribution in [3.63, 3.8) is 0 Å². The van der Waals surface area contributed by atoms with Crippen molar-refractivity contribution in [2.75, 3.05) is 17.3 Å². The van der Waals surface area contributed by atoms with Crippen molar-refractivity contribution in [2.24, 2.45) is 0 Å². The van der Waals surface area contributed by atoms with Gasteiger partial charge in [0.25, 0.3) is 0 Å². The van der Waals surface area contributed by atoms with Gasteiger partial charge in [0.05, 0.1) is 0 Å². The summed E-state index contributed by atoms with van der Waals surface area (Å²) in [5.74, 6) is -0.0863. The average Bonchev–Trinajstić information content (AvgIpc) is 2.79. The van der Waals surface area contributed by atoms with Crippen LogP contribution in [0, 0.1) is 0 Å². The maximum absolute atomic E-state index is 11.6. The Balaban J connectivity index is 1.85. The minimum absolute atomic E-state index is 0.0863. The number of halogens is 1. The molecule has 2 N–H and O–H groups in total. The summed E-state index contributed by atoms with van der Waals surface area (Å²) in [5, 5.41) is 2.80. The van der Waals surface area contributed by atoms with Crippen molar-refractivity contribution in [1.29, 1.82) is 0 Å². The van der Waals surface area contributed by atoms with E-state index in [1.807, 2.05) is 48.8 Å². The van der Waals surface area contributed by atoms with Gasteiger partial charge in [0.1, 0.15) is 6.54 Å². The van der Waals surface area contributed by atoms with Gasteiger partial charge in [0, 0.05) is 22.6 Å². The molecule has 1 heterocycles. The summed E-state index contributed by atoms with van der Waals surface area (Å²) >= 11 is 3.35. The number of carbonyl (C=O) groups excluding carboxylic acids is 1. The molecule has 0 unspecified atom stereocenters. The van der Waals surface area contributed by atoms with Crippen LogP contribution < -0.4 is 10.7 Å². The fourth-order valence-electron chi connectivity index (χ4n) is 1.37. The first-order valence-corrected chi connectivity index (χ1v) is 5.95. The van der Waals surface area contributed by atoms with Gasteiger partial charge in [-0.1, -0.05) is 22.0 Å². The molecule has 0 spiro atoms. The number of nitrogens with zero attached hydrogens (tertiary/aromatic N) is 1. The lowest BCUT2D eigenvalue weighted by molar-refractivity contribution is -0.114. The molecule has 0 radical (unpaired) electrons. The molecule has 0 saturated carbocycles. The maximum atomic E-state index is 11.6. The maximum Gasteiger partial charge on any atom is 0.245 e. The molecule has 0 bridgehead atoms. The van der Waals surface area contributed by atoms with E-state index in [-0.39, 0.29) is 12.5 Å². The van der Waals surface area contributed by atoms with E-state index in [0.717, 1.165) is 10.2 Å². The molecule has 2 rings (SSSR count). The molecule has 4 nitrogen and oxygen atoms in total. The number of rotatable bonds is 4. The van der Waals surface area contributed by atoms with Crippen molar-refractivity contribution in [2.45, 2.75) is 0 Å². The largest absolute Gasteiger partial charge is 0.324 e. The molecular weight excluding hydrogens is 282 g/mol. The summed E-state index contributed by atoms with van der Waals surface area (Å²) < 4.78 is 2.68. The Labute approximate surface area is 108 Å². The third-order valence-corrected chi connectivity index (χ3v) is 2.63. The second kappa shape index (κ2) is 5.54. The highest BCUT2D eigenvalue weighted by atomic mass is 79.9. The number of benzene rings is 1. The molecule has 1 aromatic carbocycles. The molecular formula is C12H12BrN3O. The average molecular weight is 294 g/mol. The van der Waals surface area contributed by atoms with Crippen LogP contribution in [0.3, 0.4) is 0 Å². The summed E-state index contributed by atoms with van der Waals surface area (Å²) in [6.45, 7) is 0.223. The normalized spacial score (nSPS) is 9.94. The number of hydrogen-bond acceptors (Lipinski definition) is 2.